The zero-order valence-electron chi connectivity index (χ0n) is 16.7. The van der Waals surface area contributed by atoms with Crippen LogP contribution in [0.25, 0.3) is 0 Å². The smallest absolute Gasteiger partial charge is 0.481 e. The second-order valence-electron chi connectivity index (χ2n) is 8.24. The molecule has 0 atom stereocenters. The van der Waals surface area contributed by atoms with Crippen molar-refractivity contribution in [3.05, 3.63) is 47.5 Å². The molecule has 0 aromatic heterocycles. The molecule has 0 bridgehead atoms. The van der Waals surface area contributed by atoms with Crippen molar-refractivity contribution < 1.29 is 46.4 Å². The first-order valence-corrected chi connectivity index (χ1v) is 9.93. The van der Waals surface area contributed by atoms with Crippen LogP contribution in [0.15, 0.2) is 36.4 Å². The number of halogens is 4. The van der Waals surface area contributed by atoms with Crippen LogP contribution in [0.4, 0.5) is 17.6 Å². The summed E-state index contributed by atoms with van der Waals surface area (Å²) in [6.45, 7) is 0. The summed E-state index contributed by atoms with van der Waals surface area (Å²) >= 11 is 0. The molecule has 11 heteroatoms. The zero-order valence-corrected chi connectivity index (χ0v) is 16.7. The van der Waals surface area contributed by atoms with E-state index in [0.29, 0.717) is 18.4 Å². The number of nitrogens with zero attached hydrogens (tertiary/aromatic N) is 1. The average molecular weight is 465 g/mol. The van der Waals surface area contributed by atoms with E-state index in [9.17, 15) is 22.4 Å². The Hall–Kier alpha value is -3.68. The van der Waals surface area contributed by atoms with Crippen molar-refractivity contribution in [3.63, 3.8) is 0 Å². The van der Waals surface area contributed by atoms with Crippen molar-refractivity contribution in [1.82, 2.24) is 0 Å². The molecule has 2 fully saturated rings. The number of fused-ring (bicyclic) bond motifs is 2. The van der Waals surface area contributed by atoms with E-state index < -0.39 is 29.4 Å². The molecule has 2 saturated carbocycles. The van der Waals surface area contributed by atoms with Gasteiger partial charge >= 0.3 is 18.6 Å². The lowest BCUT2D eigenvalue weighted by Crippen LogP contribution is -2.26. The predicted molar refractivity (Wildman–Crippen MR) is 100 cm³/mol. The minimum Gasteiger partial charge on any atom is -0.481 e. The third kappa shape index (κ3) is 3.65. The number of hydrogen-bond donors (Lipinski definition) is 1. The third-order valence-corrected chi connectivity index (χ3v) is 6.03. The lowest BCUT2D eigenvalue weighted by atomic mass is 9.96. The van der Waals surface area contributed by atoms with Crippen molar-refractivity contribution in [2.75, 3.05) is 0 Å². The summed E-state index contributed by atoms with van der Waals surface area (Å²) in [5, 5.41) is 18.1. The normalized spacial score (nSPS) is 22.4. The number of alkyl halides is 4. The van der Waals surface area contributed by atoms with Gasteiger partial charge in [-0.2, -0.15) is 5.26 Å². The fraction of sp³-hybridized carbons (Fsp3) is 0.364. The topological polar surface area (TPSA) is 98.0 Å². The Morgan fingerprint density at radius 2 is 1.24 bits per heavy atom. The number of carboxylic acids is 1. The van der Waals surface area contributed by atoms with E-state index in [4.69, 9.17) is 10.4 Å². The maximum Gasteiger partial charge on any atom is 0.586 e. The van der Waals surface area contributed by atoms with Gasteiger partial charge in [0.2, 0.25) is 0 Å². The van der Waals surface area contributed by atoms with E-state index in [1.54, 1.807) is 6.07 Å². The summed E-state index contributed by atoms with van der Waals surface area (Å²) in [6, 6.07) is 10.8. The molecule has 2 heterocycles. The highest BCUT2D eigenvalue weighted by molar-refractivity contribution is 5.85. The third-order valence-electron chi connectivity index (χ3n) is 6.03. The lowest BCUT2D eigenvalue weighted by molar-refractivity contribution is -0.287. The van der Waals surface area contributed by atoms with Gasteiger partial charge in [0.15, 0.2) is 23.0 Å². The maximum absolute atomic E-state index is 12.8. The van der Waals surface area contributed by atoms with E-state index >= 15 is 0 Å². The van der Waals surface area contributed by atoms with Gasteiger partial charge < -0.3 is 24.1 Å². The highest BCUT2D eigenvalue weighted by Gasteiger charge is 2.53. The molecule has 2 aliphatic carbocycles. The van der Waals surface area contributed by atoms with E-state index in [1.807, 2.05) is 0 Å². The molecule has 0 unspecified atom stereocenters. The van der Waals surface area contributed by atoms with Crippen molar-refractivity contribution in [2.45, 2.75) is 49.1 Å². The molecule has 0 radical (unpaired) electrons. The minimum atomic E-state index is -3.67. The summed E-state index contributed by atoms with van der Waals surface area (Å²) < 4.78 is 68.2. The molecule has 1 N–H and O–H groups in total. The summed E-state index contributed by atoms with van der Waals surface area (Å²) in [4.78, 5) is 11.1. The molecule has 4 aliphatic rings. The number of carboxylic acid groups (broad SMARTS) is 1. The molecule has 0 saturated heterocycles. The molecular weight excluding hydrogens is 450 g/mol. The highest BCUT2D eigenvalue weighted by atomic mass is 19.3. The van der Waals surface area contributed by atoms with Gasteiger partial charge in [-0.3, -0.25) is 4.79 Å². The summed E-state index contributed by atoms with van der Waals surface area (Å²) in [5.74, 6) is -1.10. The quantitative estimate of drug-likeness (QED) is 0.657. The molecule has 6 rings (SSSR count). The maximum atomic E-state index is 12.8. The first kappa shape index (κ1) is 21.2. The van der Waals surface area contributed by atoms with Crippen molar-refractivity contribution in [1.29, 1.82) is 5.26 Å². The van der Waals surface area contributed by atoms with Gasteiger partial charge in [-0.15, -0.1) is 17.6 Å². The molecule has 2 aromatic carbocycles. The number of hydrogen-bond acceptors (Lipinski definition) is 6. The van der Waals surface area contributed by atoms with E-state index in [2.05, 4.69) is 25.0 Å². The monoisotopic (exact) mass is 465 g/mol. The van der Waals surface area contributed by atoms with Crippen molar-refractivity contribution in [2.24, 2.45) is 0 Å². The second kappa shape index (κ2) is 6.66. The second-order valence-corrected chi connectivity index (χ2v) is 8.24. The lowest BCUT2D eigenvalue weighted by Gasteiger charge is -2.10. The Bertz CT molecular complexity index is 1200. The highest BCUT2D eigenvalue weighted by Crippen LogP contribution is 2.52. The number of benzene rings is 2. The Balaban J connectivity index is 0.000000139. The van der Waals surface area contributed by atoms with Crippen LogP contribution in [0, 0.1) is 11.3 Å². The van der Waals surface area contributed by atoms with Crippen LogP contribution < -0.4 is 18.9 Å². The molecule has 2 aliphatic heterocycles. The van der Waals surface area contributed by atoms with Gasteiger partial charge in [-0.1, -0.05) is 12.1 Å². The van der Waals surface area contributed by atoms with Crippen LogP contribution in [-0.4, -0.2) is 23.7 Å². The fourth-order valence-corrected chi connectivity index (χ4v) is 3.83. The van der Waals surface area contributed by atoms with Gasteiger partial charge in [0.1, 0.15) is 0 Å². The number of nitriles is 1. The largest absolute Gasteiger partial charge is 0.586 e. The molecular formula is C22H15F4NO6. The molecule has 172 valence electrons. The Morgan fingerprint density at radius 3 is 1.67 bits per heavy atom. The van der Waals surface area contributed by atoms with Gasteiger partial charge in [0.05, 0.1) is 16.9 Å². The summed E-state index contributed by atoms with van der Waals surface area (Å²) in [5.41, 5.74) is -0.243. The van der Waals surface area contributed by atoms with Crippen LogP contribution in [0.1, 0.15) is 36.8 Å². The van der Waals surface area contributed by atoms with Crippen LogP contribution in [0.5, 0.6) is 23.0 Å². The van der Waals surface area contributed by atoms with Crippen molar-refractivity contribution in [3.8, 4) is 29.1 Å². The Morgan fingerprint density at radius 1 is 0.788 bits per heavy atom. The van der Waals surface area contributed by atoms with Gasteiger partial charge in [-0.05, 0) is 61.1 Å². The zero-order chi connectivity index (χ0) is 23.6. The molecule has 0 spiro atoms. The average Bonchev–Trinajstić information content (AvgIpc) is 3.64. The number of rotatable bonds is 3. The Kier molecular flexibility index (Phi) is 4.28. The predicted octanol–water partition coefficient (Wildman–Crippen LogP) is 4.69. The number of ether oxygens (including phenoxy) is 4. The first-order valence-electron chi connectivity index (χ1n) is 9.93. The summed E-state index contributed by atoms with van der Waals surface area (Å²) in [6.07, 6.45) is -4.71. The standard InChI is InChI=1S/C11H7F2NO2.C11H8F2O4/c12-11(13)15-8-2-1-7(5-9(8)16-11)10(6-14)3-4-10;12-11(13)16-7-2-1-6(5-8(7)17-11)10(3-4-10)9(14)15/h1-2,5H,3-4H2;1-2,5H,3-4H2,(H,14,15). The Labute approximate surface area is 184 Å². The van der Waals surface area contributed by atoms with Crippen molar-refractivity contribution >= 4 is 5.97 Å². The van der Waals surface area contributed by atoms with Gasteiger partial charge in [0.25, 0.3) is 0 Å². The molecule has 33 heavy (non-hydrogen) atoms. The van der Waals surface area contributed by atoms with Gasteiger partial charge in [-0.25, -0.2) is 0 Å². The SMILES string of the molecule is N#CC1(c2ccc3c(c2)OC(F)(F)O3)CC1.O=C(O)C1(c2ccc3c(c2)OC(F)(F)O3)CC1. The number of aliphatic carboxylic acids is 1. The molecule has 2 aromatic rings. The van der Waals surface area contributed by atoms with E-state index in [1.165, 1.54) is 30.3 Å². The van der Waals surface area contributed by atoms with E-state index in [-0.39, 0.29) is 23.0 Å². The van der Waals surface area contributed by atoms with E-state index in [0.717, 1.165) is 18.4 Å². The molecule has 7 nitrogen and oxygen atoms in total. The van der Waals surface area contributed by atoms with Crippen LogP contribution >= 0.6 is 0 Å². The molecule has 0 amide bonds. The van der Waals surface area contributed by atoms with Crippen LogP contribution in [0.3, 0.4) is 0 Å². The van der Waals surface area contributed by atoms with Crippen LogP contribution in [0.2, 0.25) is 0 Å². The summed E-state index contributed by atoms with van der Waals surface area (Å²) in [7, 11) is 0. The number of carbonyl (C=O) groups is 1. The van der Waals surface area contributed by atoms with Crippen LogP contribution in [-0.2, 0) is 15.6 Å². The fourth-order valence-electron chi connectivity index (χ4n) is 3.83. The van der Waals surface area contributed by atoms with Gasteiger partial charge in [0, 0.05) is 0 Å². The first-order chi connectivity index (χ1) is 15.5. The minimum absolute atomic E-state index is 0.00373.